The number of carboxylic acid groups (broad SMARTS) is 1. The standard InChI is InChI=1S/C7H5Cl2NO4S.Na.H/c8-4-2-5(9)6(10-15(13)14)1-3(4)7(11)12;;/h1-2,15H,(H,11,12)(H,10,13,14);;. The van der Waals surface area contributed by atoms with Gasteiger partial charge in [0.15, 0.2) is 0 Å². The van der Waals surface area contributed by atoms with Crippen LogP contribution in [0.1, 0.15) is 10.4 Å². The Labute approximate surface area is 125 Å². The van der Waals surface area contributed by atoms with E-state index in [2.05, 4.69) is 0 Å². The molecule has 0 unspecified atom stereocenters. The Morgan fingerprint density at radius 2 is 1.81 bits per heavy atom. The van der Waals surface area contributed by atoms with Crippen molar-refractivity contribution >= 4 is 75.3 Å². The molecule has 0 heterocycles. The Kier molecular flexibility index (Phi) is 6.69. The predicted molar refractivity (Wildman–Crippen MR) is 64.5 cm³/mol. The third kappa shape index (κ3) is 4.12. The van der Waals surface area contributed by atoms with Crippen LogP contribution < -0.4 is 4.72 Å². The second-order valence-corrected chi connectivity index (χ2v) is 4.04. The van der Waals surface area contributed by atoms with E-state index in [0.29, 0.717) is 0 Å². The summed E-state index contributed by atoms with van der Waals surface area (Å²) in [7, 11) is -2.90. The number of halogens is 2. The van der Waals surface area contributed by atoms with Crippen LogP contribution in [0.5, 0.6) is 0 Å². The molecule has 0 atom stereocenters. The molecule has 0 spiro atoms. The van der Waals surface area contributed by atoms with E-state index in [1.54, 1.807) is 0 Å². The fourth-order valence-corrected chi connectivity index (χ4v) is 1.86. The Hall–Kier alpha value is 0.0200. The van der Waals surface area contributed by atoms with E-state index in [1.807, 2.05) is 4.72 Å². The number of carboxylic acids is 1. The molecule has 9 heteroatoms. The van der Waals surface area contributed by atoms with Gasteiger partial charge in [-0.05, 0) is 12.1 Å². The first-order valence-corrected chi connectivity index (χ1v) is 5.48. The minimum absolute atomic E-state index is 0. The van der Waals surface area contributed by atoms with Gasteiger partial charge >= 0.3 is 35.5 Å². The molecule has 5 nitrogen and oxygen atoms in total. The van der Waals surface area contributed by atoms with Gasteiger partial charge in [-0.15, -0.1) is 0 Å². The summed E-state index contributed by atoms with van der Waals surface area (Å²) in [6.45, 7) is 0. The number of aromatic carboxylic acids is 1. The van der Waals surface area contributed by atoms with E-state index in [4.69, 9.17) is 28.3 Å². The molecule has 0 amide bonds. The van der Waals surface area contributed by atoms with Crippen molar-refractivity contribution in [1.29, 1.82) is 0 Å². The van der Waals surface area contributed by atoms with Gasteiger partial charge in [0.05, 0.1) is 21.3 Å². The number of carbonyl (C=O) groups is 1. The van der Waals surface area contributed by atoms with Gasteiger partial charge in [-0.25, -0.2) is 13.2 Å². The first kappa shape index (κ1) is 16.0. The predicted octanol–water partition coefficient (Wildman–Crippen LogP) is 0.981. The molecule has 1 aromatic carbocycles. The fourth-order valence-electron chi connectivity index (χ4n) is 0.897. The molecular formula is C7H6Cl2NNaO4S. The number of hydrogen-bond donors (Lipinski definition) is 3. The number of rotatable bonds is 3. The summed E-state index contributed by atoms with van der Waals surface area (Å²) in [5.74, 6) is -1.26. The maximum atomic E-state index is 10.7. The summed E-state index contributed by atoms with van der Waals surface area (Å²) >= 11 is 11.2. The molecule has 0 aliphatic rings. The molecule has 1 rings (SSSR count). The fraction of sp³-hybridized carbons (Fsp3) is 0. The SMILES string of the molecule is O=C(O)c1cc(N[SH](=O)=O)c(Cl)cc1Cl.[NaH]. The van der Waals surface area contributed by atoms with E-state index in [0.717, 1.165) is 12.1 Å². The van der Waals surface area contributed by atoms with Crippen molar-refractivity contribution in [3.8, 4) is 0 Å². The third-order valence-electron chi connectivity index (χ3n) is 1.50. The van der Waals surface area contributed by atoms with Crippen molar-refractivity contribution < 1.29 is 18.3 Å². The van der Waals surface area contributed by atoms with E-state index in [1.165, 1.54) is 0 Å². The van der Waals surface area contributed by atoms with E-state index in [9.17, 15) is 13.2 Å². The summed E-state index contributed by atoms with van der Waals surface area (Å²) in [4.78, 5) is 10.7. The van der Waals surface area contributed by atoms with Crippen molar-refractivity contribution in [1.82, 2.24) is 0 Å². The number of nitrogens with one attached hydrogen (secondary N) is 1. The Bertz CT molecular complexity index is 484. The molecule has 0 bridgehead atoms. The summed E-state index contributed by atoms with van der Waals surface area (Å²) < 4.78 is 22.7. The zero-order chi connectivity index (χ0) is 11.6. The molecule has 1 aromatic rings. The maximum absolute atomic E-state index is 10.7. The van der Waals surface area contributed by atoms with Crippen LogP contribution in [0.25, 0.3) is 0 Å². The minimum atomic E-state index is -2.90. The second kappa shape index (κ2) is 6.68. The van der Waals surface area contributed by atoms with Crippen molar-refractivity contribution in [2.45, 2.75) is 0 Å². The number of thiol groups is 1. The van der Waals surface area contributed by atoms with Gasteiger partial charge in [0, 0.05) is 0 Å². The molecule has 0 aromatic heterocycles. The van der Waals surface area contributed by atoms with E-state index >= 15 is 0 Å². The Morgan fingerprint density at radius 3 is 2.25 bits per heavy atom. The van der Waals surface area contributed by atoms with Crippen LogP contribution in [-0.4, -0.2) is 49.1 Å². The zero-order valence-corrected chi connectivity index (χ0v) is 9.44. The summed E-state index contributed by atoms with van der Waals surface area (Å²) in [6.07, 6.45) is 0. The van der Waals surface area contributed by atoms with E-state index < -0.39 is 16.9 Å². The van der Waals surface area contributed by atoms with Crippen LogP contribution in [0.2, 0.25) is 10.0 Å². The van der Waals surface area contributed by atoms with Gasteiger partial charge in [-0.1, -0.05) is 23.2 Å². The average Bonchev–Trinajstić information content (AvgIpc) is 2.08. The molecule has 0 saturated heterocycles. The van der Waals surface area contributed by atoms with Crippen LogP contribution in [0.15, 0.2) is 12.1 Å². The zero-order valence-electron chi connectivity index (χ0n) is 7.03. The number of benzene rings is 1. The van der Waals surface area contributed by atoms with Crippen LogP contribution in [-0.2, 0) is 10.9 Å². The molecule has 0 fully saturated rings. The van der Waals surface area contributed by atoms with Gasteiger partial charge < -0.3 is 5.11 Å². The molecule has 0 aliphatic carbocycles. The summed E-state index contributed by atoms with van der Waals surface area (Å²) in [6, 6.07) is 2.21. The van der Waals surface area contributed by atoms with Gasteiger partial charge in [0.2, 0.25) is 10.9 Å². The Balaban J connectivity index is 0.00000225. The van der Waals surface area contributed by atoms with Gasteiger partial charge in [0.25, 0.3) is 0 Å². The van der Waals surface area contributed by atoms with Crippen LogP contribution in [0.4, 0.5) is 5.69 Å². The van der Waals surface area contributed by atoms with Crippen molar-refractivity contribution in [3.63, 3.8) is 0 Å². The van der Waals surface area contributed by atoms with Crippen molar-refractivity contribution in [2.24, 2.45) is 0 Å². The quantitative estimate of drug-likeness (QED) is 0.573. The first-order valence-electron chi connectivity index (χ1n) is 3.55. The molecular weight excluding hydrogens is 288 g/mol. The number of hydrogen-bond acceptors (Lipinski definition) is 3. The first-order chi connectivity index (χ1) is 6.91. The average molecular weight is 294 g/mol. The summed E-state index contributed by atoms with van der Waals surface area (Å²) in [5, 5.41) is 8.68. The van der Waals surface area contributed by atoms with Crippen LogP contribution >= 0.6 is 23.2 Å². The second-order valence-electron chi connectivity index (χ2n) is 2.49. The van der Waals surface area contributed by atoms with Crippen LogP contribution in [0.3, 0.4) is 0 Å². The molecule has 0 radical (unpaired) electrons. The molecule has 84 valence electrons. The molecule has 0 aliphatic heterocycles. The third-order valence-corrected chi connectivity index (χ3v) is 2.55. The van der Waals surface area contributed by atoms with Crippen molar-refractivity contribution in [3.05, 3.63) is 27.7 Å². The summed E-state index contributed by atoms with van der Waals surface area (Å²) in [5.41, 5.74) is -0.241. The normalized spacial score (nSPS) is 9.69. The van der Waals surface area contributed by atoms with Gasteiger partial charge in [-0.3, -0.25) is 4.72 Å². The Morgan fingerprint density at radius 1 is 1.25 bits per heavy atom. The monoisotopic (exact) mass is 293 g/mol. The number of anilines is 1. The molecule has 0 saturated carbocycles. The molecule has 2 N–H and O–H groups in total. The molecule has 16 heavy (non-hydrogen) atoms. The van der Waals surface area contributed by atoms with Gasteiger partial charge in [0.1, 0.15) is 0 Å². The van der Waals surface area contributed by atoms with Gasteiger partial charge in [-0.2, -0.15) is 0 Å². The van der Waals surface area contributed by atoms with Crippen LogP contribution in [0, 0.1) is 0 Å². The van der Waals surface area contributed by atoms with E-state index in [-0.39, 0.29) is 50.9 Å². The van der Waals surface area contributed by atoms with Crippen molar-refractivity contribution in [2.75, 3.05) is 4.72 Å². The topological polar surface area (TPSA) is 83.5 Å².